The first-order valence-electron chi connectivity index (χ1n) is 14.4. The topological polar surface area (TPSA) is 85.9 Å². The summed E-state index contributed by atoms with van der Waals surface area (Å²) in [6.07, 6.45) is 1.08. The highest BCUT2D eigenvalue weighted by Crippen LogP contribution is 2.32. The molecule has 3 fully saturated rings. The van der Waals surface area contributed by atoms with Crippen LogP contribution < -0.4 is 15.5 Å². The molecule has 2 N–H and O–H groups in total. The van der Waals surface area contributed by atoms with Crippen LogP contribution in [0.5, 0.6) is 0 Å². The lowest BCUT2D eigenvalue weighted by atomic mass is 9.93. The van der Waals surface area contributed by atoms with Gasteiger partial charge in [0.25, 0.3) is 6.43 Å². The number of carbonyl (C=O) groups is 1. The molecule has 40 heavy (non-hydrogen) atoms. The van der Waals surface area contributed by atoms with Gasteiger partial charge >= 0.3 is 0 Å². The third kappa shape index (κ3) is 6.30. The summed E-state index contributed by atoms with van der Waals surface area (Å²) in [7, 11) is 0. The molecule has 1 amide bonds. The number of aromatic nitrogens is 2. The van der Waals surface area contributed by atoms with Crippen molar-refractivity contribution in [3.8, 4) is 0 Å². The second kappa shape index (κ2) is 12.2. The molecule has 0 radical (unpaired) electrons. The average Bonchev–Trinajstić information content (AvgIpc) is 3.26. The number of anilines is 4. The maximum Gasteiger partial charge on any atom is 0.268 e. The molecular weight excluding hydrogens is 516 g/mol. The standard InChI is InChI=1S/C29H41F2N7O2/c1-4-20-16-21(38-13-12-36-11-8-22(38)18-36)6-7-24(20)34-28-33-17-23(25(30)31)26(35-28)32-9-5-10-37-14-15-40-19-29(2,3)27(37)39/h6-7,16-17,22,25H,4-5,8-15,18-19H2,1-3H3,(H2,32,33,34,35). The van der Waals surface area contributed by atoms with Crippen molar-refractivity contribution < 1.29 is 18.3 Å². The summed E-state index contributed by atoms with van der Waals surface area (Å²) in [5, 5.41) is 6.31. The van der Waals surface area contributed by atoms with Gasteiger partial charge in [0.2, 0.25) is 11.9 Å². The largest absolute Gasteiger partial charge is 0.379 e. The van der Waals surface area contributed by atoms with E-state index >= 15 is 0 Å². The molecule has 3 aliphatic rings. The van der Waals surface area contributed by atoms with Gasteiger partial charge in [-0.15, -0.1) is 0 Å². The molecule has 11 heteroatoms. The summed E-state index contributed by atoms with van der Waals surface area (Å²) in [4.78, 5) is 28.2. The molecular formula is C29H41F2N7O2. The summed E-state index contributed by atoms with van der Waals surface area (Å²) < 4.78 is 33.1. The number of ether oxygens (including phenoxy) is 1. The van der Waals surface area contributed by atoms with Crippen LogP contribution >= 0.6 is 0 Å². The van der Waals surface area contributed by atoms with Crippen LogP contribution in [0.4, 0.5) is 31.9 Å². The van der Waals surface area contributed by atoms with Crippen LogP contribution in [-0.2, 0) is 16.0 Å². The lowest BCUT2D eigenvalue weighted by molar-refractivity contribution is -0.139. The first-order valence-corrected chi connectivity index (χ1v) is 14.4. The lowest BCUT2D eigenvalue weighted by Crippen LogP contribution is -2.46. The van der Waals surface area contributed by atoms with Gasteiger partial charge in [0.1, 0.15) is 5.82 Å². The minimum Gasteiger partial charge on any atom is -0.379 e. The minimum atomic E-state index is -2.71. The zero-order valence-electron chi connectivity index (χ0n) is 23.8. The number of hydrogen-bond donors (Lipinski definition) is 2. The Labute approximate surface area is 235 Å². The number of rotatable bonds is 10. The van der Waals surface area contributed by atoms with Gasteiger partial charge in [-0.3, -0.25) is 9.69 Å². The van der Waals surface area contributed by atoms with Crippen LogP contribution in [0.3, 0.4) is 0 Å². The van der Waals surface area contributed by atoms with Gasteiger partial charge in [-0.05, 0) is 56.9 Å². The third-order valence-corrected chi connectivity index (χ3v) is 8.18. The molecule has 2 aromatic rings. The zero-order valence-corrected chi connectivity index (χ0v) is 23.8. The highest BCUT2D eigenvalue weighted by molar-refractivity contribution is 5.82. The zero-order chi connectivity index (χ0) is 28.3. The Morgan fingerprint density at radius 1 is 1.20 bits per heavy atom. The molecule has 2 bridgehead atoms. The Morgan fingerprint density at radius 3 is 2.85 bits per heavy atom. The number of piperazine rings is 1. The number of aryl methyl sites for hydroxylation is 1. The van der Waals surface area contributed by atoms with Crippen molar-refractivity contribution >= 4 is 29.0 Å². The number of carbonyl (C=O) groups excluding carboxylic acids is 1. The lowest BCUT2D eigenvalue weighted by Gasteiger charge is -2.36. The number of nitrogens with zero attached hydrogens (tertiary/aromatic N) is 5. The second-order valence-corrected chi connectivity index (χ2v) is 11.6. The van der Waals surface area contributed by atoms with Crippen LogP contribution in [0, 0.1) is 5.41 Å². The molecule has 0 spiro atoms. The maximum atomic E-state index is 13.8. The minimum absolute atomic E-state index is 0.0510. The van der Waals surface area contributed by atoms with E-state index in [9.17, 15) is 13.6 Å². The molecule has 9 nitrogen and oxygen atoms in total. The smallest absolute Gasteiger partial charge is 0.268 e. The molecule has 1 aromatic heterocycles. The van der Waals surface area contributed by atoms with Crippen LogP contribution in [0.1, 0.15) is 51.2 Å². The maximum absolute atomic E-state index is 13.8. The molecule has 5 rings (SSSR count). The summed E-state index contributed by atoms with van der Waals surface area (Å²) in [5.41, 5.74) is 2.41. The highest BCUT2D eigenvalue weighted by Gasteiger charge is 2.34. The van der Waals surface area contributed by atoms with Crippen molar-refractivity contribution in [2.75, 3.05) is 74.6 Å². The monoisotopic (exact) mass is 557 g/mol. The van der Waals surface area contributed by atoms with E-state index in [-0.39, 0.29) is 23.2 Å². The van der Waals surface area contributed by atoms with E-state index in [2.05, 4.69) is 49.5 Å². The number of halogens is 2. The predicted octanol–water partition coefficient (Wildman–Crippen LogP) is 4.30. The Bertz CT molecular complexity index is 1190. The van der Waals surface area contributed by atoms with E-state index < -0.39 is 11.8 Å². The van der Waals surface area contributed by atoms with E-state index in [0.717, 1.165) is 37.3 Å². The molecule has 0 saturated carbocycles. The summed E-state index contributed by atoms with van der Waals surface area (Å²) >= 11 is 0. The van der Waals surface area contributed by atoms with Crippen LogP contribution in [0.25, 0.3) is 0 Å². The Hall–Kier alpha value is -3.05. The Kier molecular flexibility index (Phi) is 8.70. The van der Waals surface area contributed by atoms with Crippen LogP contribution in [-0.4, -0.2) is 90.7 Å². The number of nitrogens with one attached hydrogen (secondary N) is 2. The van der Waals surface area contributed by atoms with Gasteiger partial charge in [-0.2, -0.15) is 4.98 Å². The number of benzene rings is 1. The number of amides is 1. The fourth-order valence-electron chi connectivity index (χ4n) is 5.87. The molecule has 4 heterocycles. The van der Waals surface area contributed by atoms with Crippen LogP contribution in [0.2, 0.25) is 0 Å². The van der Waals surface area contributed by atoms with Crippen molar-refractivity contribution in [2.24, 2.45) is 5.41 Å². The molecule has 0 aliphatic carbocycles. The van der Waals surface area contributed by atoms with Gasteiger partial charge < -0.3 is 25.2 Å². The predicted molar refractivity (Wildman–Crippen MR) is 153 cm³/mol. The molecule has 2 unspecified atom stereocenters. The third-order valence-electron chi connectivity index (χ3n) is 8.18. The summed E-state index contributed by atoms with van der Waals surface area (Å²) in [6, 6.07) is 6.95. The van der Waals surface area contributed by atoms with Gasteiger partial charge in [0.15, 0.2) is 0 Å². The van der Waals surface area contributed by atoms with E-state index in [1.807, 2.05) is 19.9 Å². The van der Waals surface area contributed by atoms with E-state index in [1.165, 1.54) is 24.8 Å². The van der Waals surface area contributed by atoms with Gasteiger partial charge in [-0.25, -0.2) is 13.8 Å². The van der Waals surface area contributed by atoms with Crippen molar-refractivity contribution in [2.45, 2.75) is 52.5 Å². The van der Waals surface area contributed by atoms with Crippen molar-refractivity contribution in [3.05, 3.63) is 35.5 Å². The molecule has 3 aliphatic heterocycles. The van der Waals surface area contributed by atoms with E-state index in [0.29, 0.717) is 45.3 Å². The second-order valence-electron chi connectivity index (χ2n) is 11.6. The van der Waals surface area contributed by atoms with Gasteiger partial charge in [0, 0.05) is 69.4 Å². The average molecular weight is 558 g/mol. The normalized spacial score (nSPS) is 22.5. The number of hydrogen-bond acceptors (Lipinski definition) is 8. The van der Waals surface area contributed by atoms with E-state index in [1.54, 1.807) is 4.90 Å². The van der Waals surface area contributed by atoms with Gasteiger partial charge in [0.05, 0.1) is 24.2 Å². The summed E-state index contributed by atoms with van der Waals surface area (Å²) in [6.45, 7) is 12.6. The van der Waals surface area contributed by atoms with Crippen molar-refractivity contribution in [3.63, 3.8) is 0 Å². The Balaban J connectivity index is 1.24. The molecule has 1 aromatic carbocycles. The quantitative estimate of drug-likeness (QED) is 0.419. The SMILES string of the molecule is CCc1cc(N2CCN3CCC2C3)ccc1Nc1ncc(C(F)F)c(NCCCN2CCOCC(C)(C)C2=O)n1. The first kappa shape index (κ1) is 28.5. The molecule has 218 valence electrons. The fourth-order valence-corrected chi connectivity index (χ4v) is 5.87. The molecule has 3 saturated heterocycles. The highest BCUT2D eigenvalue weighted by atomic mass is 19.3. The van der Waals surface area contributed by atoms with E-state index in [4.69, 9.17) is 4.74 Å². The Morgan fingerprint density at radius 2 is 2.05 bits per heavy atom. The summed E-state index contributed by atoms with van der Waals surface area (Å²) in [5.74, 6) is 0.419. The van der Waals surface area contributed by atoms with Gasteiger partial charge in [-0.1, -0.05) is 6.92 Å². The number of alkyl halides is 2. The van der Waals surface area contributed by atoms with Crippen molar-refractivity contribution in [1.29, 1.82) is 0 Å². The first-order chi connectivity index (χ1) is 19.2. The molecule has 2 atom stereocenters. The van der Waals surface area contributed by atoms with Crippen molar-refractivity contribution in [1.82, 2.24) is 19.8 Å². The van der Waals surface area contributed by atoms with Crippen LogP contribution in [0.15, 0.2) is 24.4 Å². The fraction of sp³-hybridized carbons (Fsp3) is 0.621. The number of fused-ring (bicyclic) bond motifs is 2.